The van der Waals surface area contributed by atoms with Gasteiger partial charge in [0.15, 0.2) is 0 Å². The summed E-state index contributed by atoms with van der Waals surface area (Å²) in [5.74, 6) is -0.247. The monoisotopic (exact) mass is 526 g/mol. The summed E-state index contributed by atoms with van der Waals surface area (Å²) in [7, 11) is 3.81. The van der Waals surface area contributed by atoms with E-state index in [-0.39, 0.29) is 11.3 Å². The highest BCUT2D eigenvalue weighted by molar-refractivity contribution is 6.46. The summed E-state index contributed by atoms with van der Waals surface area (Å²) in [6.07, 6.45) is 1.65. The van der Waals surface area contributed by atoms with Crippen LogP contribution in [0.4, 0.5) is 0 Å². The fourth-order valence-electron chi connectivity index (χ4n) is 4.54. The Balaban J connectivity index is 1.69. The molecule has 0 spiro atoms. The quantitative estimate of drug-likeness (QED) is 0.162. The van der Waals surface area contributed by atoms with Gasteiger partial charge in [0.2, 0.25) is 0 Å². The number of hydrogen-bond acceptors (Lipinski definition) is 6. The first-order valence-electron chi connectivity index (χ1n) is 12.8. The number of amides is 1. The maximum absolute atomic E-state index is 13.3. The smallest absolute Gasteiger partial charge is 0.295 e. The Morgan fingerprint density at radius 3 is 2.33 bits per heavy atom. The van der Waals surface area contributed by atoms with E-state index in [1.165, 1.54) is 4.90 Å². The van der Waals surface area contributed by atoms with Crippen molar-refractivity contribution in [1.29, 1.82) is 0 Å². The molecule has 0 aliphatic carbocycles. The molecule has 1 fully saturated rings. The van der Waals surface area contributed by atoms with Crippen LogP contribution >= 0.6 is 0 Å². The number of rotatable bonds is 11. The molecule has 39 heavy (non-hydrogen) atoms. The zero-order valence-electron chi connectivity index (χ0n) is 22.6. The highest BCUT2D eigenvalue weighted by Crippen LogP contribution is 2.40. The van der Waals surface area contributed by atoms with Crippen LogP contribution in [0.3, 0.4) is 0 Å². The number of likely N-dealkylation sites (N-methyl/N-ethyl adjacent to an activating group) is 1. The van der Waals surface area contributed by atoms with Crippen LogP contribution in [0.15, 0.2) is 91.0 Å². The van der Waals surface area contributed by atoms with Gasteiger partial charge in [-0.05, 0) is 68.0 Å². The molecule has 4 rings (SSSR count). The van der Waals surface area contributed by atoms with E-state index in [0.29, 0.717) is 48.9 Å². The Labute approximate surface area is 229 Å². The van der Waals surface area contributed by atoms with E-state index in [2.05, 4.69) is 6.58 Å². The summed E-state index contributed by atoms with van der Waals surface area (Å²) >= 11 is 0. The number of aliphatic hydroxyl groups excluding tert-OH is 1. The molecule has 0 radical (unpaired) electrons. The van der Waals surface area contributed by atoms with E-state index in [9.17, 15) is 14.7 Å². The third-order valence-corrected chi connectivity index (χ3v) is 6.59. The first kappa shape index (κ1) is 27.7. The summed E-state index contributed by atoms with van der Waals surface area (Å²) < 4.78 is 11.5. The second-order valence-corrected chi connectivity index (χ2v) is 9.72. The number of ether oxygens (including phenoxy) is 2. The van der Waals surface area contributed by atoms with E-state index in [1.807, 2.05) is 80.5 Å². The zero-order chi connectivity index (χ0) is 27.9. The maximum atomic E-state index is 13.3. The second kappa shape index (κ2) is 12.5. The molecule has 202 valence electrons. The van der Waals surface area contributed by atoms with Crippen LogP contribution in [0, 0.1) is 6.92 Å². The van der Waals surface area contributed by atoms with Crippen molar-refractivity contribution in [1.82, 2.24) is 9.80 Å². The number of aliphatic hydroxyl groups is 1. The number of carbonyl (C=O) groups excluding carboxylic acids is 2. The molecule has 3 aromatic rings. The lowest BCUT2D eigenvalue weighted by Gasteiger charge is -2.27. The van der Waals surface area contributed by atoms with Crippen molar-refractivity contribution in [3.05, 3.63) is 113 Å². The summed E-state index contributed by atoms with van der Waals surface area (Å²) in [4.78, 5) is 30.0. The molecule has 1 heterocycles. The standard InChI is InChI=1S/C32H34N2O5/c1-5-19-38-26-15-16-27(22(2)20-26)30(35)28-29(34(18-17-33(3)4)32(37)31(28)36)24-11-13-25(14-12-24)39-21-23-9-7-6-8-10-23/h5-16,20,29,35H,1,17-19,21H2,2-4H3. The summed E-state index contributed by atoms with van der Waals surface area (Å²) in [6, 6.07) is 21.7. The lowest BCUT2D eigenvalue weighted by molar-refractivity contribution is -0.140. The SMILES string of the molecule is C=CCOc1ccc(C(O)=C2C(=O)C(=O)N(CCN(C)C)C2c2ccc(OCc3ccccc3)cc2)c(C)c1. The number of carbonyl (C=O) groups is 2. The number of Topliss-reactive ketones (excluding diaryl/α,β-unsaturated/α-hetero) is 1. The van der Waals surface area contributed by atoms with Gasteiger partial charge in [-0.2, -0.15) is 0 Å². The van der Waals surface area contributed by atoms with Gasteiger partial charge in [0.1, 0.15) is 30.5 Å². The number of ketones is 1. The predicted molar refractivity (Wildman–Crippen MR) is 152 cm³/mol. The lowest BCUT2D eigenvalue weighted by atomic mass is 9.94. The van der Waals surface area contributed by atoms with Gasteiger partial charge in [-0.25, -0.2) is 0 Å². The van der Waals surface area contributed by atoms with Gasteiger partial charge in [-0.1, -0.05) is 55.1 Å². The maximum Gasteiger partial charge on any atom is 0.295 e. The van der Waals surface area contributed by atoms with Crippen molar-refractivity contribution >= 4 is 17.4 Å². The third kappa shape index (κ3) is 6.38. The van der Waals surface area contributed by atoms with E-state index in [1.54, 1.807) is 24.3 Å². The molecular weight excluding hydrogens is 492 g/mol. The van der Waals surface area contributed by atoms with E-state index >= 15 is 0 Å². The van der Waals surface area contributed by atoms with Crippen LogP contribution in [-0.4, -0.2) is 60.4 Å². The van der Waals surface area contributed by atoms with Gasteiger partial charge in [0.25, 0.3) is 11.7 Å². The van der Waals surface area contributed by atoms with Crippen LogP contribution in [0.2, 0.25) is 0 Å². The van der Waals surface area contributed by atoms with Gasteiger partial charge < -0.3 is 24.4 Å². The van der Waals surface area contributed by atoms with Crippen molar-refractivity contribution in [2.45, 2.75) is 19.6 Å². The van der Waals surface area contributed by atoms with Gasteiger partial charge >= 0.3 is 0 Å². The molecule has 1 aliphatic heterocycles. The minimum atomic E-state index is -0.732. The average Bonchev–Trinajstić information content (AvgIpc) is 3.19. The molecule has 3 aromatic carbocycles. The predicted octanol–water partition coefficient (Wildman–Crippen LogP) is 5.12. The van der Waals surface area contributed by atoms with E-state index in [0.717, 1.165) is 11.1 Å². The number of nitrogens with zero attached hydrogens (tertiary/aromatic N) is 2. The van der Waals surface area contributed by atoms with Gasteiger partial charge in [0, 0.05) is 18.7 Å². The Hall–Kier alpha value is -4.36. The van der Waals surface area contributed by atoms with Gasteiger partial charge in [-0.3, -0.25) is 9.59 Å². The molecule has 1 amide bonds. The van der Waals surface area contributed by atoms with Crippen LogP contribution in [-0.2, 0) is 16.2 Å². The minimum absolute atomic E-state index is 0.0690. The van der Waals surface area contributed by atoms with Crippen LogP contribution in [0.5, 0.6) is 11.5 Å². The first-order valence-corrected chi connectivity index (χ1v) is 12.8. The Morgan fingerprint density at radius 1 is 1.00 bits per heavy atom. The topological polar surface area (TPSA) is 79.3 Å². The van der Waals surface area contributed by atoms with Crippen LogP contribution < -0.4 is 9.47 Å². The fourth-order valence-corrected chi connectivity index (χ4v) is 4.54. The average molecular weight is 527 g/mol. The minimum Gasteiger partial charge on any atom is -0.507 e. The van der Waals surface area contributed by atoms with Gasteiger partial charge in [-0.15, -0.1) is 0 Å². The molecule has 1 atom stereocenters. The molecule has 1 aliphatic rings. The van der Waals surface area contributed by atoms with Crippen molar-refractivity contribution in [2.75, 3.05) is 33.8 Å². The van der Waals surface area contributed by atoms with Crippen molar-refractivity contribution in [3.63, 3.8) is 0 Å². The normalized spacial score (nSPS) is 16.5. The van der Waals surface area contributed by atoms with Crippen molar-refractivity contribution in [3.8, 4) is 11.5 Å². The highest BCUT2D eigenvalue weighted by Gasteiger charge is 2.46. The zero-order valence-corrected chi connectivity index (χ0v) is 22.6. The lowest BCUT2D eigenvalue weighted by Crippen LogP contribution is -2.35. The Kier molecular flexibility index (Phi) is 8.84. The van der Waals surface area contributed by atoms with Crippen LogP contribution in [0.25, 0.3) is 5.76 Å². The van der Waals surface area contributed by atoms with Crippen molar-refractivity contribution < 1.29 is 24.2 Å². The summed E-state index contributed by atoms with van der Waals surface area (Å²) in [5.41, 5.74) is 3.02. The molecular formula is C32H34N2O5. The summed E-state index contributed by atoms with van der Waals surface area (Å²) in [5, 5.41) is 11.4. The first-order chi connectivity index (χ1) is 18.8. The third-order valence-electron chi connectivity index (χ3n) is 6.59. The van der Waals surface area contributed by atoms with E-state index in [4.69, 9.17) is 9.47 Å². The molecule has 1 N–H and O–H groups in total. The molecule has 1 unspecified atom stereocenters. The summed E-state index contributed by atoms with van der Waals surface area (Å²) in [6.45, 7) is 7.15. The Morgan fingerprint density at radius 2 is 1.69 bits per heavy atom. The van der Waals surface area contributed by atoms with Gasteiger partial charge in [0.05, 0.1) is 11.6 Å². The molecule has 7 heteroatoms. The highest BCUT2D eigenvalue weighted by atomic mass is 16.5. The Bertz CT molecular complexity index is 1360. The molecule has 7 nitrogen and oxygen atoms in total. The van der Waals surface area contributed by atoms with Crippen LogP contribution in [0.1, 0.15) is 28.3 Å². The van der Waals surface area contributed by atoms with Crippen molar-refractivity contribution in [2.24, 2.45) is 0 Å². The van der Waals surface area contributed by atoms with E-state index < -0.39 is 17.7 Å². The number of likely N-dealkylation sites (tertiary alicyclic amines) is 1. The number of benzene rings is 3. The largest absolute Gasteiger partial charge is 0.507 e. The second-order valence-electron chi connectivity index (χ2n) is 9.72. The fraction of sp³-hybridized carbons (Fsp3) is 0.250. The molecule has 0 saturated carbocycles. The molecule has 1 saturated heterocycles. The number of aryl methyl sites for hydroxylation is 1. The molecule has 0 bridgehead atoms. The number of hydrogen-bond donors (Lipinski definition) is 1. The molecule has 0 aromatic heterocycles.